The molecule has 0 bridgehead atoms. The Morgan fingerprint density at radius 2 is 1.76 bits per heavy atom. The molecule has 29 heavy (non-hydrogen) atoms. The number of ether oxygens (including phenoxy) is 1. The highest BCUT2D eigenvalue weighted by Gasteiger charge is 2.25. The molecule has 1 saturated heterocycles. The van der Waals surface area contributed by atoms with Crippen LogP contribution in [0.1, 0.15) is 42.6 Å². The van der Waals surface area contributed by atoms with E-state index in [4.69, 9.17) is 4.74 Å². The number of pyridine rings is 1. The van der Waals surface area contributed by atoms with Crippen molar-refractivity contribution in [3.8, 4) is 0 Å². The van der Waals surface area contributed by atoms with Gasteiger partial charge in [0, 0.05) is 38.1 Å². The van der Waals surface area contributed by atoms with Crippen molar-refractivity contribution in [1.82, 2.24) is 14.8 Å². The fourth-order valence-electron chi connectivity index (χ4n) is 3.34. The molecule has 0 atom stereocenters. The second-order valence-electron chi connectivity index (χ2n) is 7.28. The van der Waals surface area contributed by atoms with Crippen LogP contribution in [-0.4, -0.2) is 59.6 Å². The number of carbonyl (C=O) groups is 2. The lowest BCUT2D eigenvalue weighted by molar-refractivity contribution is 0.0570. The van der Waals surface area contributed by atoms with Gasteiger partial charge >= 0.3 is 6.09 Å². The van der Waals surface area contributed by atoms with E-state index in [1.165, 1.54) is 5.56 Å². The smallest absolute Gasteiger partial charge is 0.409 e. The Labute approximate surface area is 171 Å². The Kier molecular flexibility index (Phi) is 6.69. The minimum Gasteiger partial charge on any atom is -0.450 e. The van der Waals surface area contributed by atoms with Gasteiger partial charge in [0.2, 0.25) is 0 Å². The molecule has 2 amide bonds. The van der Waals surface area contributed by atoms with E-state index in [1.807, 2.05) is 24.3 Å². The van der Waals surface area contributed by atoms with Crippen molar-refractivity contribution in [2.75, 3.05) is 38.1 Å². The van der Waals surface area contributed by atoms with Gasteiger partial charge in [-0.3, -0.25) is 4.79 Å². The molecular weight excluding hydrogens is 368 g/mol. The SMILES string of the molecule is CCOC(=O)N1CCN(C(=O)c2ccc(Nc3ccccc3C(C)C)nc2)CC1. The van der Waals surface area contributed by atoms with E-state index in [-0.39, 0.29) is 12.0 Å². The van der Waals surface area contributed by atoms with E-state index in [2.05, 4.69) is 30.2 Å². The summed E-state index contributed by atoms with van der Waals surface area (Å²) < 4.78 is 5.01. The van der Waals surface area contributed by atoms with E-state index in [0.717, 1.165) is 5.69 Å². The number of nitrogens with one attached hydrogen (secondary N) is 1. The third-order valence-electron chi connectivity index (χ3n) is 4.95. The normalized spacial score (nSPS) is 14.1. The van der Waals surface area contributed by atoms with Crippen LogP contribution in [0.5, 0.6) is 0 Å². The van der Waals surface area contributed by atoms with Gasteiger partial charge in [-0.2, -0.15) is 0 Å². The molecule has 1 aliphatic heterocycles. The average Bonchev–Trinajstić information content (AvgIpc) is 2.74. The fourth-order valence-corrected chi connectivity index (χ4v) is 3.34. The predicted octanol–water partition coefficient (Wildman–Crippen LogP) is 3.86. The summed E-state index contributed by atoms with van der Waals surface area (Å²) in [6.07, 6.45) is 1.28. The summed E-state index contributed by atoms with van der Waals surface area (Å²) in [6, 6.07) is 11.7. The zero-order chi connectivity index (χ0) is 20.8. The van der Waals surface area contributed by atoms with Crippen LogP contribution in [0, 0.1) is 0 Å². The zero-order valence-corrected chi connectivity index (χ0v) is 17.2. The first kappa shape index (κ1) is 20.6. The first-order valence-corrected chi connectivity index (χ1v) is 10.0. The number of anilines is 2. The summed E-state index contributed by atoms with van der Waals surface area (Å²) in [5.41, 5.74) is 2.77. The first-order valence-electron chi connectivity index (χ1n) is 10.0. The highest BCUT2D eigenvalue weighted by Crippen LogP contribution is 2.26. The molecule has 154 valence electrons. The third-order valence-corrected chi connectivity index (χ3v) is 4.95. The lowest BCUT2D eigenvalue weighted by Crippen LogP contribution is -2.50. The molecule has 1 aromatic carbocycles. The van der Waals surface area contributed by atoms with Crippen LogP contribution < -0.4 is 5.32 Å². The highest BCUT2D eigenvalue weighted by molar-refractivity contribution is 5.94. The summed E-state index contributed by atoms with van der Waals surface area (Å²) in [6.45, 7) is 8.36. The van der Waals surface area contributed by atoms with Crippen molar-refractivity contribution < 1.29 is 14.3 Å². The van der Waals surface area contributed by atoms with Crippen LogP contribution in [-0.2, 0) is 4.74 Å². The van der Waals surface area contributed by atoms with Crippen LogP contribution in [0.15, 0.2) is 42.6 Å². The Hall–Kier alpha value is -3.09. The number of hydrogen-bond acceptors (Lipinski definition) is 5. The lowest BCUT2D eigenvalue weighted by Gasteiger charge is -2.34. The van der Waals surface area contributed by atoms with Gasteiger partial charge in [-0.25, -0.2) is 9.78 Å². The summed E-state index contributed by atoms with van der Waals surface area (Å²) in [4.78, 5) is 32.3. The van der Waals surface area contributed by atoms with Crippen LogP contribution in [0.2, 0.25) is 0 Å². The van der Waals surface area contributed by atoms with Gasteiger partial charge in [0.1, 0.15) is 5.82 Å². The number of amides is 2. The molecule has 1 fully saturated rings. The number of piperazine rings is 1. The monoisotopic (exact) mass is 396 g/mol. The lowest BCUT2D eigenvalue weighted by atomic mass is 10.0. The number of carbonyl (C=O) groups excluding carboxylic acids is 2. The van der Waals surface area contributed by atoms with Crippen molar-refractivity contribution in [3.05, 3.63) is 53.7 Å². The molecule has 1 aromatic heterocycles. The van der Waals surface area contributed by atoms with E-state index in [9.17, 15) is 9.59 Å². The number of aromatic nitrogens is 1. The zero-order valence-electron chi connectivity index (χ0n) is 17.2. The molecule has 7 heteroatoms. The van der Waals surface area contributed by atoms with Crippen molar-refractivity contribution in [3.63, 3.8) is 0 Å². The Morgan fingerprint density at radius 1 is 1.07 bits per heavy atom. The van der Waals surface area contributed by atoms with Crippen molar-refractivity contribution in [2.45, 2.75) is 26.7 Å². The second-order valence-corrected chi connectivity index (χ2v) is 7.28. The topological polar surface area (TPSA) is 74.8 Å². The third kappa shape index (κ3) is 5.04. The van der Waals surface area contributed by atoms with Gasteiger partial charge in [-0.15, -0.1) is 0 Å². The minimum atomic E-state index is -0.321. The van der Waals surface area contributed by atoms with Crippen molar-refractivity contribution in [1.29, 1.82) is 0 Å². The number of rotatable bonds is 5. The molecule has 7 nitrogen and oxygen atoms in total. The van der Waals surface area contributed by atoms with Gasteiger partial charge in [-0.05, 0) is 36.6 Å². The molecule has 3 rings (SSSR count). The Bertz CT molecular complexity index is 843. The quantitative estimate of drug-likeness (QED) is 0.831. The van der Waals surface area contributed by atoms with Crippen molar-refractivity contribution >= 4 is 23.5 Å². The van der Waals surface area contributed by atoms with Gasteiger partial charge in [-0.1, -0.05) is 32.0 Å². The van der Waals surface area contributed by atoms with E-state index < -0.39 is 0 Å². The molecular formula is C22H28N4O3. The highest BCUT2D eigenvalue weighted by atomic mass is 16.6. The van der Waals surface area contributed by atoms with Gasteiger partial charge in [0.05, 0.1) is 12.2 Å². The fraction of sp³-hybridized carbons (Fsp3) is 0.409. The molecule has 0 saturated carbocycles. The molecule has 0 aliphatic carbocycles. The van der Waals surface area contributed by atoms with E-state index >= 15 is 0 Å². The molecule has 1 aliphatic rings. The van der Waals surface area contributed by atoms with Gasteiger partial charge in [0.15, 0.2) is 0 Å². The van der Waals surface area contributed by atoms with E-state index in [0.29, 0.717) is 50.1 Å². The van der Waals surface area contributed by atoms with Crippen LogP contribution in [0.25, 0.3) is 0 Å². The molecule has 2 heterocycles. The summed E-state index contributed by atoms with van der Waals surface area (Å²) in [5.74, 6) is 1.02. The molecule has 0 spiro atoms. The summed E-state index contributed by atoms with van der Waals surface area (Å²) >= 11 is 0. The maximum atomic E-state index is 12.7. The molecule has 2 aromatic rings. The number of para-hydroxylation sites is 1. The molecule has 1 N–H and O–H groups in total. The number of benzene rings is 1. The van der Waals surface area contributed by atoms with Crippen LogP contribution in [0.3, 0.4) is 0 Å². The summed E-state index contributed by atoms with van der Waals surface area (Å²) in [7, 11) is 0. The van der Waals surface area contributed by atoms with Gasteiger partial charge < -0.3 is 19.9 Å². The van der Waals surface area contributed by atoms with Crippen LogP contribution >= 0.6 is 0 Å². The largest absolute Gasteiger partial charge is 0.450 e. The van der Waals surface area contributed by atoms with Crippen LogP contribution in [0.4, 0.5) is 16.3 Å². The predicted molar refractivity (Wildman–Crippen MR) is 113 cm³/mol. The summed E-state index contributed by atoms with van der Waals surface area (Å²) in [5, 5.41) is 3.34. The number of hydrogen-bond donors (Lipinski definition) is 1. The van der Waals surface area contributed by atoms with Crippen molar-refractivity contribution in [2.24, 2.45) is 0 Å². The second kappa shape index (κ2) is 9.41. The molecule has 0 unspecified atom stereocenters. The Morgan fingerprint density at radius 3 is 2.38 bits per heavy atom. The minimum absolute atomic E-state index is 0.0739. The average molecular weight is 396 g/mol. The van der Waals surface area contributed by atoms with Gasteiger partial charge in [0.25, 0.3) is 5.91 Å². The van der Waals surface area contributed by atoms with E-state index in [1.54, 1.807) is 29.0 Å². The molecule has 0 radical (unpaired) electrons. The standard InChI is InChI=1S/C22H28N4O3/c1-4-29-22(28)26-13-11-25(12-14-26)21(27)17-9-10-20(23-15-17)24-19-8-6-5-7-18(19)16(2)3/h5-10,15-16H,4,11-14H2,1-3H3,(H,23,24). The number of nitrogens with zero attached hydrogens (tertiary/aromatic N) is 3. The first-order chi connectivity index (χ1) is 14.0. The maximum absolute atomic E-state index is 12.7. The Balaban J connectivity index is 1.61. The maximum Gasteiger partial charge on any atom is 0.409 e.